The van der Waals surface area contributed by atoms with Gasteiger partial charge in [0.1, 0.15) is 0 Å². The van der Waals surface area contributed by atoms with Crippen LogP contribution in [0.2, 0.25) is 0 Å². The minimum atomic E-state index is -0.458. The second-order valence-corrected chi connectivity index (χ2v) is 4.67. The fraction of sp³-hybridized carbons (Fsp3) is 0.692. The second kappa shape index (κ2) is 4.83. The van der Waals surface area contributed by atoms with E-state index < -0.39 is 5.79 Å². The van der Waals surface area contributed by atoms with Crippen LogP contribution in [0.4, 0.5) is 0 Å². The van der Waals surface area contributed by atoms with E-state index in [9.17, 15) is 0 Å². The summed E-state index contributed by atoms with van der Waals surface area (Å²) < 4.78 is 11.4. The van der Waals surface area contributed by atoms with Crippen molar-refractivity contribution in [2.24, 2.45) is 5.41 Å². The molecule has 0 radical (unpaired) electrons. The summed E-state index contributed by atoms with van der Waals surface area (Å²) in [5, 5.41) is 0. The van der Waals surface area contributed by atoms with E-state index in [2.05, 4.69) is 12.5 Å². The predicted octanol–water partition coefficient (Wildman–Crippen LogP) is 2.75. The molecule has 0 aromatic rings. The van der Waals surface area contributed by atoms with Crippen LogP contribution in [0, 0.1) is 17.8 Å². The van der Waals surface area contributed by atoms with Crippen LogP contribution in [0.3, 0.4) is 0 Å². The number of hydrogen-bond acceptors (Lipinski definition) is 2. The minimum Gasteiger partial charge on any atom is -0.350 e. The smallest absolute Gasteiger partial charge is 0.162 e. The Morgan fingerprint density at radius 1 is 1.40 bits per heavy atom. The summed E-state index contributed by atoms with van der Waals surface area (Å²) in [6.45, 7) is 9.06. The van der Waals surface area contributed by atoms with Gasteiger partial charge in [-0.2, -0.15) is 0 Å². The van der Waals surface area contributed by atoms with E-state index in [0.717, 1.165) is 19.3 Å². The van der Waals surface area contributed by atoms with Crippen molar-refractivity contribution in [2.45, 2.75) is 38.9 Å². The van der Waals surface area contributed by atoms with Crippen molar-refractivity contribution in [1.29, 1.82) is 0 Å². The summed E-state index contributed by atoms with van der Waals surface area (Å²) >= 11 is 0. The average Bonchev–Trinajstić information content (AvgIpc) is 2.20. The SMILES string of the molecule is C#CCCC1(CC=C)COC(C)(C)OC1. The van der Waals surface area contributed by atoms with Gasteiger partial charge in [0.2, 0.25) is 0 Å². The molecule has 84 valence electrons. The van der Waals surface area contributed by atoms with Crippen molar-refractivity contribution in [3.05, 3.63) is 12.7 Å². The van der Waals surface area contributed by atoms with Crippen LogP contribution in [0.5, 0.6) is 0 Å². The quantitative estimate of drug-likeness (QED) is 0.522. The van der Waals surface area contributed by atoms with Crippen LogP contribution in [-0.4, -0.2) is 19.0 Å². The van der Waals surface area contributed by atoms with Crippen LogP contribution < -0.4 is 0 Å². The highest BCUT2D eigenvalue weighted by molar-refractivity contribution is 4.94. The molecule has 0 unspecified atom stereocenters. The molecule has 1 rings (SSSR count). The average molecular weight is 208 g/mol. The van der Waals surface area contributed by atoms with E-state index in [0.29, 0.717) is 13.2 Å². The molecule has 0 bridgehead atoms. The van der Waals surface area contributed by atoms with Gasteiger partial charge in [-0.3, -0.25) is 0 Å². The van der Waals surface area contributed by atoms with Gasteiger partial charge in [0, 0.05) is 11.8 Å². The summed E-state index contributed by atoms with van der Waals surface area (Å²) in [7, 11) is 0. The summed E-state index contributed by atoms with van der Waals surface area (Å²) in [6, 6.07) is 0. The van der Waals surface area contributed by atoms with Crippen molar-refractivity contribution in [2.75, 3.05) is 13.2 Å². The van der Waals surface area contributed by atoms with Gasteiger partial charge >= 0.3 is 0 Å². The fourth-order valence-corrected chi connectivity index (χ4v) is 1.74. The Bertz CT molecular complexity index is 250. The lowest BCUT2D eigenvalue weighted by Crippen LogP contribution is -2.46. The highest BCUT2D eigenvalue weighted by atomic mass is 16.7. The summed E-state index contributed by atoms with van der Waals surface area (Å²) in [5.41, 5.74) is 0.0314. The molecule has 1 heterocycles. The maximum absolute atomic E-state index is 5.69. The molecule has 1 saturated heterocycles. The first-order valence-corrected chi connectivity index (χ1v) is 5.36. The highest BCUT2D eigenvalue weighted by Crippen LogP contribution is 2.36. The van der Waals surface area contributed by atoms with E-state index in [1.807, 2.05) is 19.9 Å². The minimum absolute atomic E-state index is 0.0314. The Hall–Kier alpha value is -0.780. The topological polar surface area (TPSA) is 18.5 Å². The summed E-state index contributed by atoms with van der Waals surface area (Å²) in [5.74, 6) is 2.22. The summed E-state index contributed by atoms with van der Waals surface area (Å²) in [4.78, 5) is 0. The van der Waals surface area contributed by atoms with Gasteiger partial charge in [0.05, 0.1) is 13.2 Å². The molecule has 15 heavy (non-hydrogen) atoms. The van der Waals surface area contributed by atoms with Gasteiger partial charge in [-0.25, -0.2) is 0 Å². The molecule has 0 saturated carbocycles. The molecular weight excluding hydrogens is 188 g/mol. The third-order valence-electron chi connectivity index (χ3n) is 2.83. The lowest BCUT2D eigenvalue weighted by Gasteiger charge is -2.43. The Balaban J connectivity index is 2.60. The monoisotopic (exact) mass is 208 g/mol. The third-order valence-corrected chi connectivity index (χ3v) is 2.83. The van der Waals surface area contributed by atoms with E-state index in [4.69, 9.17) is 15.9 Å². The van der Waals surface area contributed by atoms with Crippen LogP contribution >= 0.6 is 0 Å². The Morgan fingerprint density at radius 3 is 2.47 bits per heavy atom. The Morgan fingerprint density at radius 2 is 2.00 bits per heavy atom. The van der Waals surface area contributed by atoms with Gasteiger partial charge in [-0.1, -0.05) is 6.08 Å². The molecule has 2 heteroatoms. The number of hydrogen-bond donors (Lipinski definition) is 0. The predicted molar refractivity (Wildman–Crippen MR) is 61.3 cm³/mol. The molecule has 0 N–H and O–H groups in total. The molecule has 1 aliphatic heterocycles. The van der Waals surface area contributed by atoms with Crippen molar-refractivity contribution < 1.29 is 9.47 Å². The highest BCUT2D eigenvalue weighted by Gasteiger charge is 2.38. The van der Waals surface area contributed by atoms with Gasteiger partial charge < -0.3 is 9.47 Å². The first-order valence-electron chi connectivity index (χ1n) is 5.36. The molecular formula is C13H20O2. The maximum atomic E-state index is 5.69. The first kappa shape index (κ1) is 12.3. The molecule has 0 atom stereocenters. The molecule has 2 nitrogen and oxygen atoms in total. The number of ether oxygens (including phenoxy) is 2. The summed E-state index contributed by atoms with van der Waals surface area (Å²) in [6.07, 6.45) is 9.81. The zero-order chi connectivity index (χ0) is 11.4. The molecule has 0 aliphatic carbocycles. The number of terminal acetylenes is 1. The number of allylic oxidation sites excluding steroid dienone is 1. The zero-order valence-electron chi connectivity index (χ0n) is 9.71. The standard InChI is InChI=1S/C13H20O2/c1-5-7-9-13(8-6-2)10-14-12(3,4)15-11-13/h1,6H,2,7-11H2,3-4H3. The molecule has 0 aromatic heterocycles. The number of rotatable bonds is 4. The first-order chi connectivity index (χ1) is 7.04. The molecule has 0 aromatic carbocycles. The van der Waals surface area contributed by atoms with E-state index in [-0.39, 0.29) is 5.41 Å². The van der Waals surface area contributed by atoms with Gasteiger partial charge in [0.15, 0.2) is 5.79 Å². The Labute approximate surface area is 92.6 Å². The van der Waals surface area contributed by atoms with Gasteiger partial charge in [-0.05, 0) is 26.7 Å². The van der Waals surface area contributed by atoms with Gasteiger partial charge in [0.25, 0.3) is 0 Å². The Kier molecular flexibility index (Phi) is 3.96. The fourth-order valence-electron chi connectivity index (χ4n) is 1.74. The zero-order valence-corrected chi connectivity index (χ0v) is 9.71. The van der Waals surface area contributed by atoms with Crippen LogP contribution in [0.25, 0.3) is 0 Å². The van der Waals surface area contributed by atoms with Crippen molar-refractivity contribution in [3.8, 4) is 12.3 Å². The normalized spacial score (nSPS) is 23.0. The van der Waals surface area contributed by atoms with Gasteiger partial charge in [-0.15, -0.1) is 18.9 Å². The van der Waals surface area contributed by atoms with Crippen molar-refractivity contribution >= 4 is 0 Å². The van der Waals surface area contributed by atoms with Crippen LogP contribution in [0.15, 0.2) is 12.7 Å². The molecule has 0 amide bonds. The molecule has 1 aliphatic rings. The van der Waals surface area contributed by atoms with Crippen LogP contribution in [-0.2, 0) is 9.47 Å². The molecule has 0 spiro atoms. The lowest BCUT2D eigenvalue weighted by molar-refractivity contribution is -0.285. The van der Waals surface area contributed by atoms with Crippen molar-refractivity contribution in [3.63, 3.8) is 0 Å². The third kappa shape index (κ3) is 3.37. The lowest BCUT2D eigenvalue weighted by atomic mass is 9.81. The molecule has 1 fully saturated rings. The van der Waals surface area contributed by atoms with Crippen molar-refractivity contribution in [1.82, 2.24) is 0 Å². The largest absolute Gasteiger partial charge is 0.350 e. The van der Waals surface area contributed by atoms with E-state index in [1.54, 1.807) is 0 Å². The van der Waals surface area contributed by atoms with E-state index >= 15 is 0 Å². The second-order valence-electron chi connectivity index (χ2n) is 4.67. The van der Waals surface area contributed by atoms with E-state index in [1.165, 1.54) is 0 Å². The maximum Gasteiger partial charge on any atom is 0.162 e. The van der Waals surface area contributed by atoms with Crippen LogP contribution in [0.1, 0.15) is 33.1 Å².